The van der Waals surface area contributed by atoms with E-state index in [1.807, 2.05) is 36.4 Å². The Balaban J connectivity index is 1.83. The molecule has 4 atom stereocenters. The summed E-state index contributed by atoms with van der Waals surface area (Å²) in [5.41, 5.74) is 0.767. The minimum Gasteiger partial charge on any atom is -0.394 e. The Morgan fingerprint density at radius 3 is 2.64 bits per heavy atom. The zero-order valence-corrected chi connectivity index (χ0v) is 13.6. The third-order valence-electron chi connectivity index (χ3n) is 4.74. The molecule has 7 heteroatoms. The minimum absolute atomic E-state index is 0.378. The molecule has 0 radical (unpaired) electrons. The van der Waals surface area contributed by atoms with Gasteiger partial charge in [-0.25, -0.2) is 9.97 Å². The van der Waals surface area contributed by atoms with E-state index < -0.39 is 24.0 Å². The van der Waals surface area contributed by atoms with E-state index in [4.69, 9.17) is 4.74 Å². The van der Waals surface area contributed by atoms with E-state index in [-0.39, 0.29) is 6.61 Å². The fourth-order valence-corrected chi connectivity index (χ4v) is 3.38. The molecule has 0 bridgehead atoms. The lowest BCUT2D eigenvalue weighted by molar-refractivity contribution is -0.0948. The van der Waals surface area contributed by atoms with Crippen molar-refractivity contribution >= 4 is 11.0 Å². The van der Waals surface area contributed by atoms with Crippen molar-refractivity contribution in [2.24, 2.45) is 0 Å². The van der Waals surface area contributed by atoms with Crippen molar-refractivity contribution < 1.29 is 20.1 Å². The largest absolute Gasteiger partial charge is 0.394 e. The SMILES string of the molecule is C[C@@]1(O)[C@H](O)[C@@H](CO)O[C@H]1n1ccc2c(-c3ccccc3)ncnc21. The topological polar surface area (TPSA) is 101 Å². The summed E-state index contributed by atoms with van der Waals surface area (Å²) < 4.78 is 7.36. The first-order valence-electron chi connectivity index (χ1n) is 8.07. The second kappa shape index (κ2) is 5.89. The first-order valence-corrected chi connectivity index (χ1v) is 8.07. The smallest absolute Gasteiger partial charge is 0.167 e. The Labute approximate surface area is 144 Å². The fraction of sp³-hybridized carbons (Fsp3) is 0.333. The van der Waals surface area contributed by atoms with Crippen LogP contribution in [0, 0.1) is 0 Å². The molecule has 0 amide bonds. The molecule has 4 rings (SSSR count). The molecule has 1 saturated heterocycles. The highest BCUT2D eigenvalue weighted by Crippen LogP contribution is 2.40. The summed E-state index contributed by atoms with van der Waals surface area (Å²) in [7, 11) is 0. The number of aliphatic hydroxyl groups is 3. The average Bonchev–Trinajstić information content (AvgIpc) is 3.15. The summed E-state index contributed by atoms with van der Waals surface area (Å²) in [6, 6.07) is 11.6. The Kier molecular flexibility index (Phi) is 3.81. The van der Waals surface area contributed by atoms with Gasteiger partial charge in [-0.1, -0.05) is 30.3 Å². The van der Waals surface area contributed by atoms with E-state index in [0.717, 1.165) is 16.6 Å². The van der Waals surface area contributed by atoms with E-state index in [1.165, 1.54) is 13.3 Å². The number of rotatable bonds is 3. The molecular formula is C18H19N3O4. The zero-order chi connectivity index (χ0) is 17.6. The highest BCUT2D eigenvalue weighted by atomic mass is 16.6. The van der Waals surface area contributed by atoms with Gasteiger partial charge >= 0.3 is 0 Å². The molecule has 0 unspecified atom stereocenters. The van der Waals surface area contributed by atoms with Gasteiger partial charge in [-0.15, -0.1) is 0 Å². The summed E-state index contributed by atoms with van der Waals surface area (Å²) in [6.07, 6.45) is 0.293. The van der Waals surface area contributed by atoms with Crippen molar-refractivity contribution in [3.8, 4) is 11.3 Å². The second-order valence-corrected chi connectivity index (χ2v) is 6.43. The Bertz CT molecular complexity index is 894. The number of benzene rings is 1. The monoisotopic (exact) mass is 341 g/mol. The van der Waals surface area contributed by atoms with E-state index in [1.54, 1.807) is 10.8 Å². The molecule has 0 spiro atoms. The van der Waals surface area contributed by atoms with Gasteiger partial charge in [-0.3, -0.25) is 0 Å². The van der Waals surface area contributed by atoms with Crippen LogP contribution >= 0.6 is 0 Å². The highest BCUT2D eigenvalue weighted by molar-refractivity contribution is 5.90. The molecule has 1 aliphatic heterocycles. The maximum Gasteiger partial charge on any atom is 0.167 e. The number of fused-ring (bicyclic) bond motifs is 1. The predicted molar refractivity (Wildman–Crippen MR) is 90.6 cm³/mol. The van der Waals surface area contributed by atoms with Crippen molar-refractivity contribution in [3.63, 3.8) is 0 Å². The lowest BCUT2D eigenvalue weighted by Crippen LogP contribution is -2.44. The van der Waals surface area contributed by atoms with Gasteiger partial charge in [0.05, 0.1) is 12.3 Å². The van der Waals surface area contributed by atoms with Crippen LogP contribution in [0.4, 0.5) is 0 Å². The fourth-order valence-electron chi connectivity index (χ4n) is 3.38. The molecule has 0 saturated carbocycles. The molecular weight excluding hydrogens is 322 g/mol. The normalized spacial score (nSPS) is 29.4. The Hall–Kier alpha value is -2.32. The predicted octanol–water partition coefficient (Wildman–Crippen LogP) is 1.10. The van der Waals surface area contributed by atoms with Gasteiger partial charge in [0.1, 0.15) is 29.8 Å². The van der Waals surface area contributed by atoms with Crippen molar-refractivity contribution in [1.82, 2.24) is 14.5 Å². The van der Waals surface area contributed by atoms with Crippen molar-refractivity contribution in [1.29, 1.82) is 0 Å². The molecule has 1 aliphatic rings. The van der Waals surface area contributed by atoms with Crippen molar-refractivity contribution in [2.45, 2.75) is 31.0 Å². The molecule has 3 heterocycles. The van der Waals surface area contributed by atoms with Crippen LogP contribution < -0.4 is 0 Å². The molecule has 3 N–H and O–H groups in total. The number of aromatic nitrogens is 3. The number of nitrogens with zero attached hydrogens (tertiary/aromatic N) is 3. The summed E-state index contributed by atoms with van der Waals surface area (Å²) in [5, 5.41) is 31.1. The third kappa shape index (κ3) is 2.44. The first-order chi connectivity index (χ1) is 12.0. The number of ether oxygens (including phenoxy) is 1. The standard InChI is InChI=1S/C18H19N3O4/c1-18(24)15(23)13(9-22)25-17(18)21-8-7-12-14(19-10-20-16(12)21)11-5-3-2-4-6-11/h2-8,10,13,15,17,22-24H,9H2,1H3/t13-,15-,17-,18-/m1/s1. The molecule has 7 nitrogen and oxygen atoms in total. The molecule has 0 aliphatic carbocycles. The van der Waals surface area contributed by atoms with Gasteiger partial charge in [0.25, 0.3) is 0 Å². The van der Waals surface area contributed by atoms with Gasteiger partial charge < -0.3 is 24.6 Å². The number of hydrogen-bond acceptors (Lipinski definition) is 6. The van der Waals surface area contributed by atoms with Gasteiger partial charge in [0, 0.05) is 17.1 Å². The van der Waals surface area contributed by atoms with E-state index in [0.29, 0.717) is 5.65 Å². The molecule has 1 fully saturated rings. The highest BCUT2D eigenvalue weighted by Gasteiger charge is 2.53. The Morgan fingerprint density at radius 1 is 1.20 bits per heavy atom. The summed E-state index contributed by atoms with van der Waals surface area (Å²) in [4.78, 5) is 8.71. The van der Waals surface area contributed by atoms with Crippen LogP contribution in [-0.4, -0.2) is 54.3 Å². The molecule has 130 valence electrons. The van der Waals surface area contributed by atoms with Gasteiger partial charge in [-0.05, 0) is 13.0 Å². The van der Waals surface area contributed by atoms with Crippen LogP contribution in [0.25, 0.3) is 22.3 Å². The van der Waals surface area contributed by atoms with E-state index in [9.17, 15) is 15.3 Å². The van der Waals surface area contributed by atoms with Crippen LogP contribution in [0.2, 0.25) is 0 Å². The lowest BCUT2D eigenvalue weighted by atomic mass is 9.96. The molecule has 1 aromatic carbocycles. The van der Waals surface area contributed by atoms with E-state index >= 15 is 0 Å². The first kappa shape index (κ1) is 16.2. The number of aliphatic hydroxyl groups excluding tert-OH is 2. The third-order valence-corrected chi connectivity index (χ3v) is 4.74. The maximum atomic E-state index is 10.7. The molecule has 2 aromatic heterocycles. The summed E-state index contributed by atoms with van der Waals surface area (Å²) in [6.45, 7) is 1.11. The molecule has 25 heavy (non-hydrogen) atoms. The minimum atomic E-state index is -1.56. The van der Waals surface area contributed by atoms with Gasteiger partial charge in [0.2, 0.25) is 0 Å². The second-order valence-electron chi connectivity index (χ2n) is 6.43. The zero-order valence-electron chi connectivity index (χ0n) is 13.6. The van der Waals surface area contributed by atoms with Gasteiger partial charge in [-0.2, -0.15) is 0 Å². The average molecular weight is 341 g/mol. The van der Waals surface area contributed by atoms with Crippen LogP contribution in [0.1, 0.15) is 13.2 Å². The summed E-state index contributed by atoms with van der Waals surface area (Å²) in [5.74, 6) is 0. The van der Waals surface area contributed by atoms with Crippen molar-refractivity contribution in [3.05, 3.63) is 48.9 Å². The van der Waals surface area contributed by atoms with Crippen LogP contribution in [-0.2, 0) is 4.74 Å². The number of hydrogen-bond donors (Lipinski definition) is 3. The maximum absolute atomic E-state index is 10.7. The van der Waals surface area contributed by atoms with E-state index in [2.05, 4.69) is 9.97 Å². The van der Waals surface area contributed by atoms with Crippen LogP contribution in [0.5, 0.6) is 0 Å². The molecule has 3 aromatic rings. The lowest BCUT2D eigenvalue weighted by Gasteiger charge is -2.27. The summed E-state index contributed by atoms with van der Waals surface area (Å²) >= 11 is 0. The Morgan fingerprint density at radius 2 is 1.96 bits per heavy atom. The van der Waals surface area contributed by atoms with Crippen LogP contribution in [0.15, 0.2) is 48.9 Å². The quantitative estimate of drug-likeness (QED) is 0.660. The van der Waals surface area contributed by atoms with Gasteiger partial charge in [0.15, 0.2) is 6.23 Å². The van der Waals surface area contributed by atoms with Crippen molar-refractivity contribution in [2.75, 3.05) is 6.61 Å². The van der Waals surface area contributed by atoms with Crippen LogP contribution in [0.3, 0.4) is 0 Å².